The summed E-state index contributed by atoms with van der Waals surface area (Å²) in [5.74, 6) is 1.90. The second kappa shape index (κ2) is 12.4. The largest absolute Gasteiger partial charge is 0.256 e. The number of nitrogens with zero attached hydrogens (tertiary/aromatic N) is 4. The molecule has 2 heterocycles. The molecule has 52 heavy (non-hydrogen) atoms. The maximum atomic E-state index is 5.02. The Labute approximate surface area is 300 Å². The smallest absolute Gasteiger partial charge is 0.164 e. The number of hydrogen-bond acceptors (Lipinski definition) is 4. The first-order valence-corrected chi connectivity index (χ1v) is 17.5. The van der Waals surface area contributed by atoms with Crippen LogP contribution in [0, 0.1) is 0 Å². The molecule has 10 rings (SSSR count). The lowest BCUT2D eigenvalue weighted by Gasteiger charge is -2.12. The molecule has 4 heteroatoms. The molecule has 0 bridgehead atoms. The zero-order chi connectivity index (χ0) is 34.4. The molecule has 8 aromatic carbocycles. The minimum absolute atomic E-state index is 0.629. The fraction of sp³-hybridized carbons (Fsp3) is 0. The second-order valence-electron chi connectivity index (χ2n) is 13.1. The number of hydrogen-bond donors (Lipinski definition) is 0. The summed E-state index contributed by atoms with van der Waals surface area (Å²) in [6.45, 7) is 0. The highest BCUT2D eigenvalue weighted by Gasteiger charge is 2.14. The summed E-state index contributed by atoms with van der Waals surface area (Å²) in [6, 6.07) is 61.6. The standard InChI is InChI=1S/C48H30N4/c1-2-10-34(11-3-1)46-50-47(52-48(51-46)36-25-21-32(22-26-36)38-18-8-12-33-13-9-29-49-45(33)38)35-23-19-31(20-24-35)37-27-28-43-41-16-5-4-14-39(41)40-15-6-7-17-42(40)44(43)30-37/h1-30H. The van der Waals surface area contributed by atoms with E-state index in [2.05, 4.69) is 145 Å². The van der Waals surface area contributed by atoms with Crippen LogP contribution in [0.5, 0.6) is 0 Å². The molecule has 0 spiro atoms. The van der Waals surface area contributed by atoms with Gasteiger partial charge in [-0.15, -0.1) is 0 Å². The predicted molar refractivity (Wildman–Crippen MR) is 215 cm³/mol. The van der Waals surface area contributed by atoms with E-state index in [0.717, 1.165) is 44.3 Å². The van der Waals surface area contributed by atoms with Crippen LogP contribution in [0.3, 0.4) is 0 Å². The molecule has 0 N–H and O–H groups in total. The molecule has 0 saturated heterocycles. The minimum Gasteiger partial charge on any atom is -0.256 e. The molecule has 0 aliphatic rings. The van der Waals surface area contributed by atoms with Crippen LogP contribution in [-0.2, 0) is 0 Å². The molecule has 0 atom stereocenters. The quantitative estimate of drug-likeness (QED) is 0.172. The highest BCUT2D eigenvalue weighted by atomic mass is 15.0. The van der Waals surface area contributed by atoms with Gasteiger partial charge in [-0.2, -0.15) is 0 Å². The van der Waals surface area contributed by atoms with Crippen molar-refractivity contribution in [3.63, 3.8) is 0 Å². The molecule has 0 aliphatic carbocycles. The monoisotopic (exact) mass is 662 g/mol. The van der Waals surface area contributed by atoms with Gasteiger partial charge in [-0.3, -0.25) is 4.98 Å². The zero-order valence-corrected chi connectivity index (χ0v) is 28.1. The van der Waals surface area contributed by atoms with Gasteiger partial charge in [0.2, 0.25) is 0 Å². The number of para-hydroxylation sites is 1. The third-order valence-electron chi connectivity index (χ3n) is 9.97. The van der Waals surface area contributed by atoms with Crippen molar-refractivity contribution in [1.82, 2.24) is 19.9 Å². The van der Waals surface area contributed by atoms with Crippen LogP contribution in [0.25, 0.3) is 99.6 Å². The van der Waals surface area contributed by atoms with E-state index in [-0.39, 0.29) is 0 Å². The molecule has 2 aromatic heterocycles. The van der Waals surface area contributed by atoms with Gasteiger partial charge in [-0.1, -0.05) is 164 Å². The Hall–Kier alpha value is -7.04. The van der Waals surface area contributed by atoms with Crippen molar-refractivity contribution in [2.24, 2.45) is 0 Å². The minimum atomic E-state index is 0.629. The topological polar surface area (TPSA) is 51.6 Å². The van der Waals surface area contributed by atoms with Crippen LogP contribution in [-0.4, -0.2) is 19.9 Å². The van der Waals surface area contributed by atoms with Crippen LogP contribution in [0.1, 0.15) is 0 Å². The fourth-order valence-corrected chi connectivity index (χ4v) is 7.39. The van der Waals surface area contributed by atoms with Crippen LogP contribution in [0.2, 0.25) is 0 Å². The van der Waals surface area contributed by atoms with E-state index < -0.39 is 0 Å². The van der Waals surface area contributed by atoms with Gasteiger partial charge in [-0.25, -0.2) is 15.0 Å². The van der Waals surface area contributed by atoms with Crippen molar-refractivity contribution in [2.45, 2.75) is 0 Å². The summed E-state index contributed by atoms with van der Waals surface area (Å²) in [7, 11) is 0. The van der Waals surface area contributed by atoms with E-state index in [9.17, 15) is 0 Å². The van der Waals surface area contributed by atoms with E-state index >= 15 is 0 Å². The summed E-state index contributed by atoms with van der Waals surface area (Å²) in [4.78, 5) is 19.6. The lowest BCUT2D eigenvalue weighted by molar-refractivity contribution is 1.07. The molecule has 10 aromatic rings. The number of fused-ring (bicyclic) bond motifs is 7. The van der Waals surface area contributed by atoms with E-state index in [1.165, 1.54) is 37.9 Å². The zero-order valence-electron chi connectivity index (χ0n) is 28.1. The summed E-state index contributed by atoms with van der Waals surface area (Å²) < 4.78 is 0. The molecule has 0 saturated carbocycles. The number of pyridine rings is 1. The highest BCUT2D eigenvalue weighted by molar-refractivity contribution is 6.25. The Bertz CT molecular complexity index is 2890. The maximum Gasteiger partial charge on any atom is 0.164 e. The Morgan fingerprint density at radius 1 is 0.288 bits per heavy atom. The molecule has 242 valence electrons. The van der Waals surface area contributed by atoms with Crippen LogP contribution in [0.15, 0.2) is 182 Å². The highest BCUT2D eigenvalue weighted by Crippen LogP contribution is 2.37. The molecule has 0 amide bonds. The average Bonchev–Trinajstić information content (AvgIpc) is 3.23. The normalized spacial score (nSPS) is 11.5. The molecule has 0 unspecified atom stereocenters. The van der Waals surface area contributed by atoms with Gasteiger partial charge in [0, 0.05) is 33.8 Å². The molecule has 4 nitrogen and oxygen atoms in total. The second-order valence-corrected chi connectivity index (χ2v) is 13.1. The van der Waals surface area contributed by atoms with Crippen molar-refractivity contribution in [1.29, 1.82) is 0 Å². The van der Waals surface area contributed by atoms with Crippen LogP contribution >= 0.6 is 0 Å². The molecule has 0 radical (unpaired) electrons. The van der Waals surface area contributed by atoms with Crippen molar-refractivity contribution < 1.29 is 0 Å². The first-order chi connectivity index (χ1) is 25.8. The Morgan fingerprint density at radius 2 is 0.750 bits per heavy atom. The number of rotatable bonds is 5. The van der Waals surface area contributed by atoms with Crippen LogP contribution in [0.4, 0.5) is 0 Å². The van der Waals surface area contributed by atoms with Gasteiger partial charge >= 0.3 is 0 Å². The predicted octanol–water partition coefficient (Wildman–Crippen LogP) is 12.2. The SMILES string of the molecule is c1ccc(-c2nc(-c3ccc(-c4ccc5c6ccccc6c6ccccc6c5c4)cc3)nc(-c3ccc(-c4cccc5cccnc45)cc3)n2)cc1. The third-order valence-corrected chi connectivity index (χ3v) is 9.97. The summed E-state index contributed by atoms with van der Waals surface area (Å²) in [5, 5.41) is 8.75. The maximum absolute atomic E-state index is 5.02. The van der Waals surface area contributed by atoms with Gasteiger partial charge in [0.25, 0.3) is 0 Å². The summed E-state index contributed by atoms with van der Waals surface area (Å²) in [5.41, 5.74) is 8.28. The van der Waals surface area contributed by atoms with Gasteiger partial charge in [0.1, 0.15) is 0 Å². The number of aromatic nitrogens is 4. The van der Waals surface area contributed by atoms with E-state index in [1.54, 1.807) is 0 Å². The first-order valence-electron chi connectivity index (χ1n) is 17.5. The number of benzene rings is 8. The average molecular weight is 663 g/mol. The van der Waals surface area contributed by atoms with Crippen molar-refractivity contribution >= 4 is 43.2 Å². The Balaban J connectivity index is 1.04. The fourth-order valence-electron chi connectivity index (χ4n) is 7.39. The molecular formula is C48H30N4. The van der Waals surface area contributed by atoms with Gasteiger partial charge in [0.05, 0.1) is 5.52 Å². The Kier molecular flexibility index (Phi) is 7.10. The van der Waals surface area contributed by atoms with Crippen molar-refractivity contribution in [3.8, 4) is 56.4 Å². The summed E-state index contributed by atoms with van der Waals surface area (Å²) in [6.07, 6.45) is 1.84. The molecule has 0 aliphatic heterocycles. The third kappa shape index (κ3) is 5.17. The van der Waals surface area contributed by atoms with Crippen molar-refractivity contribution in [2.75, 3.05) is 0 Å². The Morgan fingerprint density at radius 3 is 1.37 bits per heavy atom. The van der Waals surface area contributed by atoms with E-state index in [0.29, 0.717) is 17.5 Å². The molecular weight excluding hydrogens is 633 g/mol. The van der Waals surface area contributed by atoms with Gasteiger partial charge in [-0.05, 0) is 61.1 Å². The first kappa shape index (κ1) is 29.8. The lowest BCUT2D eigenvalue weighted by Crippen LogP contribution is -2.00. The van der Waals surface area contributed by atoms with E-state index in [4.69, 9.17) is 15.0 Å². The summed E-state index contributed by atoms with van der Waals surface area (Å²) >= 11 is 0. The van der Waals surface area contributed by atoms with E-state index in [1.807, 2.05) is 42.6 Å². The van der Waals surface area contributed by atoms with Gasteiger partial charge < -0.3 is 0 Å². The van der Waals surface area contributed by atoms with Crippen molar-refractivity contribution in [3.05, 3.63) is 182 Å². The van der Waals surface area contributed by atoms with Gasteiger partial charge in [0.15, 0.2) is 17.5 Å². The lowest BCUT2D eigenvalue weighted by atomic mass is 9.92. The van der Waals surface area contributed by atoms with Crippen LogP contribution < -0.4 is 0 Å². The molecule has 0 fully saturated rings.